The van der Waals surface area contributed by atoms with E-state index in [4.69, 9.17) is 25.6 Å². The average molecular weight is 634 g/mol. The molecule has 9 nitrogen and oxygen atoms in total. The van der Waals surface area contributed by atoms with Crippen LogP contribution in [0.5, 0.6) is 5.75 Å². The lowest BCUT2D eigenvalue weighted by Gasteiger charge is -2.30. The van der Waals surface area contributed by atoms with Gasteiger partial charge in [-0.05, 0) is 31.0 Å². The third kappa shape index (κ3) is 6.84. The van der Waals surface area contributed by atoms with Gasteiger partial charge in [-0.3, -0.25) is 0 Å². The minimum Gasteiger partial charge on any atom is -0.387 e. The van der Waals surface area contributed by atoms with Gasteiger partial charge in [-0.2, -0.15) is 13.5 Å². The summed E-state index contributed by atoms with van der Waals surface area (Å²) < 4.78 is 81.5. The lowest BCUT2D eigenvalue weighted by molar-refractivity contribution is 0.0846. The number of oxime groups is 1. The summed E-state index contributed by atoms with van der Waals surface area (Å²) in [5.41, 5.74) is 0.356. The second-order valence-electron chi connectivity index (χ2n) is 9.49. The largest absolute Gasteiger partial charge is 0.387 e. The number of nitrogens with zero attached hydrogens (tertiary/aromatic N) is 5. The molecule has 220 valence electrons. The van der Waals surface area contributed by atoms with Gasteiger partial charge in [0, 0.05) is 43.2 Å². The first-order valence-corrected chi connectivity index (χ1v) is 15.5. The molecule has 1 saturated heterocycles. The van der Waals surface area contributed by atoms with E-state index in [1.54, 1.807) is 18.3 Å². The van der Waals surface area contributed by atoms with Crippen molar-refractivity contribution in [1.29, 1.82) is 0 Å². The third-order valence-corrected chi connectivity index (χ3v) is 8.41. The maximum absolute atomic E-state index is 13.2. The number of alkyl halides is 4. The van der Waals surface area contributed by atoms with Crippen molar-refractivity contribution in [3.8, 4) is 5.75 Å². The third-order valence-electron chi connectivity index (χ3n) is 6.59. The highest BCUT2D eigenvalue weighted by atomic mass is 35.5. The van der Waals surface area contributed by atoms with Gasteiger partial charge < -0.3 is 13.9 Å². The SMILES string of the molecule is CS(=O)(=O)Oc1cccc(Cl)c1C1CC(c2csc(C3CCN(C=Cn4nc(C(F)F)cc4C(F)F)CC3)n2)=NO1. The molecule has 0 amide bonds. The van der Waals surface area contributed by atoms with Crippen molar-refractivity contribution in [3.63, 3.8) is 0 Å². The summed E-state index contributed by atoms with van der Waals surface area (Å²) in [5, 5.41) is 10.8. The molecule has 0 spiro atoms. The predicted octanol–water partition coefficient (Wildman–Crippen LogP) is 6.38. The smallest absolute Gasteiger partial charge is 0.306 e. The predicted molar refractivity (Wildman–Crippen MR) is 145 cm³/mol. The van der Waals surface area contributed by atoms with E-state index in [9.17, 15) is 26.0 Å². The first-order chi connectivity index (χ1) is 19.5. The molecule has 5 rings (SSSR count). The molecular weight excluding hydrogens is 610 g/mol. The molecule has 2 aliphatic heterocycles. The first-order valence-electron chi connectivity index (χ1n) is 12.4. The van der Waals surface area contributed by atoms with Crippen LogP contribution in [-0.2, 0) is 15.0 Å². The van der Waals surface area contributed by atoms with Crippen LogP contribution in [0.4, 0.5) is 17.6 Å². The average Bonchev–Trinajstić information content (AvgIpc) is 3.66. The van der Waals surface area contributed by atoms with Gasteiger partial charge in [-0.1, -0.05) is 22.8 Å². The van der Waals surface area contributed by atoms with E-state index in [2.05, 4.69) is 10.3 Å². The van der Waals surface area contributed by atoms with Crippen LogP contribution < -0.4 is 4.18 Å². The summed E-state index contributed by atoms with van der Waals surface area (Å²) in [4.78, 5) is 12.3. The fourth-order valence-corrected chi connectivity index (χ4v) is 6.39. The maximum atomic E-state index is 13.2. The Bertz CT molecular complexity index is 1570. The summed E-state index contributed by atoms with van der Waals surface area (Å²) in [5.74, 6) is 0.246. The Morgan fingerprint density at radius 1 is 1.17 bits per heavy atom. The number of hydrogen-bond acceptors (Lipinski definition) is 9. The normalized spacial score (nSPS) is 18.5. The van der Waals surface area contributed by atoms with E-state index in [0.29, 0.717) is 47.6 Å². The highest BCUT2D eigenvalue weighted by Crippen LogP contribution is 2.40. The molecule has 0 aliphatic carbocycles. The lowest BCUT2D eigenvalue weighted by atomic mass is 9.98. The highest BCUT2D eigenvalue weighted by molar-refractivity contribution is 7.86. The van der Waals surface area contributed by atoms with Gasteiger partial charge in [0.1, 0.15) is 17.1 Å². The van der Waals surface area contributed by atoms with Gasteiger partial charge in [-0.15, -0.1) is 11.3 Å². The molecule has 16 heteroatoms. The van der Waals surface area contributed by atoms with E-state index in [-0.39, 0.29) is 11.7 Å². The van der Waals surface area contributed by atoms with Crippen LogP contribution in [0, 0.1) is 0 Å². The lowest BCUT2D eigenvalue weighted by Crippen LogP contribution is -2.28. The Labute approximate surface area is 242 Å². The zero-order valence-electron chi connectivity index (χ0n) is 21.5. The van der Waals surface area contributed by atoms with Gasteiger partial charge in [0.2, 0.25) is 0 Å². The van der Waals surface area contributed by atoms with Crippen molar-refractivity contribution in [2.24, 2.45) is 5.16 Å². The van der Waals surface area contributed by atoms with Crippen molar-refractivity contribution in [2.75, 3.05) is 19.3 Å². The molecular formula is C25H24ClF4N5O4S2. The number of hydrogen-bond donors (Lipinski definition) is 0. The number of likely N-dealkylation sites (tertiary alicyclic amines) is 1. The van der Waals surface area contributed by atoms with Crippen LogP contribution in [-0.4, -0.2) is 53.1 Å². The molecule has 0 radical (unpaired) electrons. The highest BCUT2D eigenvalue weighted by Gasteiger charge is 2.31. The zero-order chi connectivity index (χ0) is 29.3. The second kappa shape index (κ2) is 12.0. The van der Waals surface area contributed by atoms with Crippen molar-refractivity contribution >= 4 is 45.0 Å². The first kappa shape index (κ1) is 29.3. The quantitative estimate of drug-likeness (QED) is 0.199. The summed E-state index contributed by atoms with van der Waals surface area (Å²) in [7, 11) is -3.78. The summed E-state index contributed by atoms with van der Waals surface area (Å²) in [6.45, 7) is 1.23. The van der Waals surface area contributed by atoms with Crippen molar-refractivity contribution in [3.05, 3.63) is 68.5 Å². The van der Waals surface area contributed by atoms with Crippen molar-refractivity contribution in [2.45, 2.75) is 44.1 Å². The number of rotatable bonds is 9. The number of benzene rings is 1. The van der Waals surface area contributed by atoms with E-state index >= 15 is 0 Å². The minimum atomic E-state index is -3.78. The van der Waals surface area contributed by atoms with Gasteiger partial charge in [0.25, 0.3) is 12.9 Å². The molecule has 3 aromatic rings. The van der Waals surface area contributed by atoms with Crippen LogP contribution in [0.15, 0.2) is 41.0 Å². The number of piperidine rings is 1. The van der Waals surface area contributed by atoms with E-state index in [1.165, 1.54) is 23.6 Å². The molecule has 0 N–H and O–H groups in total. The molecule has 0 bridgehead atoms. The molecule has 4 heterocycles. The Kier molecular flexibility index (Phi) is 8.57. The number of aromatic nitrogens is 3. The van der Waals surface area contributed by atoms with Crippen LogP contribution in [0.1, 0.15) is 71.8 Å². The molecule has 1 atom stereocenters. The van der Waals surface area contributed by atoms with Crippen molar-refractivity contribution in [1.82, 2.24) is 19.7 Å². The monoisotopic (exact) mass is 633 g/mol. The van der Waals surface area contributed by atoms with E-state index in [1.807, 2.05) is 10.3 Å². The molecule has 1 aromatic carbocycles. The van der Waals surface area contributed by atoms with E-state index < -0.39 is 40.5 Å². The maximum Gasteiger partial charge on any atom is 0.306 e. The van der Waals surface area contributed by atoms with Crippen LogP contribution >= 0.6 is 22.9 Å². The van der Waals surface area contributed by atoms with E-state index in [0.717, 1.165) is 28.8 Å². The molecule has 41 heavy (non-hydrogen) atoms. The zero-order valence-corrected chi connectivity index (χ0v) is 23.9. The Balaban J connectivity index is 1.20. The fraction of sp³-hybridized carbons (Fsp3) is 0.400. The Hall–Kier alpha value is -3.17. The molecule has 1 unspecified atom stereocenters. The molecule has 2 aliphatic rings. The molecule has 0 saturated carbocycles. The molecule has 1 fully saturated rings. The number of thiazole rings is 1. The summed E-state index contributed by atoms with van der Waals surface area (Å²) in [6.07, 6.45) is -0.895. The van der Waals surface area contributed by atoms with Crippen LogP contribution in [0.25, 0.3) is 6.20 Å². The number of halogens is 5. The topological polar surface area (TPSA) is 98.9 Å². The van der Waals surface area contributed by atoms with Crippen LogP contribution in [0.2, 0.25) is 5.02 Å². The van der Waals surface area contributed by atoms with Gasteiger partial charge in [0.05, 0.1) is 27.5 Å². The van der Waals surface area contributed by atoms with Gasteiger partial charge in [0.15, 0.2) is 11.9 Å². The summed E-state index contributed by atoms with van der Waals surface area (Å²) in [6, 6.07) is 5.41. The minimum absolute atomic E-state index is 0.0775. The Morgan fingerprint density at radius 3 is 2.61 bits per heavy atom. The standard InChI is InChI=1S/C25H24ClF4N5O4S2/c1-41(36,37)39-20-4-2-3-15(26)22(20)21-12-16(33-38-21)18-13-40-25(31-18)14-5-7-34(8-6-14)9-10-35-19(24(29)30)11-17(32-35)23(27)28/h2-4,9-11,13-14,21,23-24H,5-8,12H2,1H3. The van der Waals surface area contributed by atoms with Crippen molar-refractivity contribution < 1.29 is 35.0 Å². The van der Waals surface area contributed by atoms with Gasteiger partial charge in [-0.25, -0.2) is 27.2 Å². The molecule has 2 aromatic heterocycles. The fourth-order valence-electron chi connectivity index (χ4n) is 4.63. The van der Waals surface area contributed by atoms with Crippen LogP contribution in [0.3, 0.4) is 0 Å². The second-order valence-corrected chi connectivity index (χ2v) is 12.4. The summed E-state index contributed by atoms with van der Waals surface area (Å²) >= 11 is 7.84. The Morgan fingerprint density at radius 2 is 1.93 bits per heavy atom. The van der Waals surface area contributed by atoms with Gasteiger partial charge >= 0.3 is 10.1 Å².